The van der Waals surface area contributed by atoms with E-state index in [4.69, 9.17) is 4.74 Å². The van der Waals surface area contributed by atoms with Crippen LogP contribution in [0.4, 0.5) is 4.39 Å². The fraction of sp³-hybridized carbons (Fsp3) is 0.308. The number of aromatic nitrogens is 1. The Labute approximate surface area is 126 Å². The molecule has 0 N–H and O–H groups in total. The molecule has 2 heterocycles. The minimum atomic E-state index is -3.44. The third kappa shape index (κ3) is 3.39. The Bertz CT molecular complexity index is 713. The Morgan fingerprint density at radius 2 is 2.24 bits per heavy atom. The summed E-state index contributed by atoms with van der Waals surface area (Å²) in [6, 6.07) is 5.63. The molecule has 1 aliphatic heterocycles. The molecule has 0 radical (unpaired) electrons. The summed E-state index contributed by atoms with van der Waals surface area (Å²) in [6.07, 6.45) is 1.47. The van der Waals surface area contributed by atoms with Crippen molar-refractivity contribution >= 4 is 21.4 Å². The lowest BCUT2D eigenvalue weighted by atomic mass is 10.2. The largest absolute Gasteiger partial charge is 0.464 e. The fourth-order valence-electron chi connectivity index (χ4n) is 2.04. The first kappa shape index (κ1) is 14.4. The number of hydrogen-bond donors (Lipinski definition) is 0. The zero-order valence-corrected chi connectivity index (χ0v) is 12.6. The van der Waals surface area contributed by atoms with E-state index in [-0.39, 0.29) is 11.9 Å². The smallest absolute Gasteiger partial charge is 0.273 e. The molecule has 3 rings (SSSR count). The number of rotatable bonds is 5. The molecule has 1 fully saturated rings. The third-order valence-electron chi connectivity index (χ3n) is 3.12. The van der Waals surface area contributed by atoms with Gasteiger partial charge in [-0.3, -0.25) is 0 Å². The van der Waals surface area contributed by atoms with Crippen LogP contribution in [0.15, 0.2) is 35.8 Å². The van der Waals surface area contributed by atoms with E-state index in [1.54, 1.807) is 17.6 Å². The molecule has 0 atom stereocenters. The molecule has 2 aromatic rings. The lowest BCUT2D eigenvalue weighted by molar-refractivity contribution is 0.0758. The second kappa shape index (κ2) is 5.70. The summed E-state index contributed by atoms with van der Waals surface area (Å²) < 4.78 is 44.3. The third-order valence-corrected chi connectivity index (χ3v) is 5.57. The van der Waals surface area contributed by atoms with Crippen molar-refractivity contribution in [3.63, 3.8) is 0 Å². The van der Waals surface area contributed by atoms with Gasteiger partial charge in [-0.1, -0.05) is 23.5 Å². The number of hydrogen-bond acceptors (Lipinski definition) is 5. The number of ether oxygens (including phenoxy) is 1. The van der Waals surface area contributed by atoms with Crippen molar-refractivity contribution in [3.8, 4) is 5.19 Å². The van der Waals surface area contributed by atoms with Gasteiger partial charge in [0.05, 0.1) is 18.8 Å². The number of sulfonamides is 1. The Kier molecular flexibility index (Phi) is 3.92. The van der Waals surface area contributed by atoms with Crippen LogP contribution in [0.1, 0.15) is 5.56 Å². The molecular formula is C13H13FN2O3S2. The van der Waals surface area contributed by atoms with Gasteiger partial charge in [0.1, 0.15) is 11.9 Å². The molecule has 8 heteroatoms. The van der Waals surface area contributed by atoms with E-state index in [0.29, 0.717) is 23.8 Å². The zero-order valence-electron chi connectivity index (χ0n) is 11.0. The Hall–Kier alpha value is -1.51. The van der Waals surface area contributed by atoms with Crippen LogP contribution >= 0.6 is 11.3 Å². The van der Waals surface area contributed by atoms with E-state index in [2.05, 4.69) is 4.98 Å². The molecule has 1 saturated heterocycles. The van der Waals surface area contributed by atoms with Crippen LogP contribution in [-0.2, 0) is 15.8 Å². The van der Waals surface area contributed by atoms with Gasteiger partial charge in [0.2, 0.25) is 10.0 Å². The highest BCUT2D eigenvalue weighted by Crippen LogP contribution is 2.23. The summed E-state index contributed by atoms with van der Waals surface area (Å²) in [6.45, 7) is 0.606. The molecule has 0 saturated carbocycles. The van der Waals surface area contributed by atoms with Gasteiger partial charge in [0.25, 0.3) is 5.19 Å². The zero-order chi connectivity index (χ0) is 14.9. The molecule has 112 valence electrons. The molecule has 21 heavy (non-hydrogen) atoms. The van der Waals surface area contributed by atoms with Crippen molar-refractivity contribution in [1.82, 2.24) is 9.29 Å². The summed E-state index contributed by atoms with van der Waals surface area (Å²) in [4.78, 5) is 3.99. The Balaban J connectivity index is 1.57. The second-order valence-electron chi connectivity index (χ2n) is 4.74. The van der Waals surface area contributed by atoms with Gasteiger partial charge >= 0.3 is 0 Å². The summed E-state index contributed by atoms with van der Waals surface area (Å²) in [5.74, 6) is -0.634. The van der Waals surface area contributed by atoms with Crippen molar-refractivity contribution in [2.45, 2.75) is 11.9 Å². The first-order valence-corrected chi connectivity index (χ1v) is 8.80. The van der Waals surface area contributed by atoms with Crippen LogP contribution in [0.5, 0.6) is 5.19 Å². The lowest BCUT2D eigenvalue weighted by Crippen LogP contribution is -2.56. The number of nitrogens with zero attached hydrogens (tertiary/aromatic N) is 2. The van der Waals surface area contributed by atoms with Crippen molar-refractivity contribution in [2.24, 2.45) is 0 Å². The molecule has 0 aliphatic carbocycles. The van der Waals surface area contributed by atoms with Crippen molar-refractivity contribution < 1.29 is 17.5 Å². The maximum absolute atomic E-state index is 13.1. The van der Waals surface area contributed by atoms with Crippen molar-refractivity contribution in [3.05, 3.63) is 47.2 Å². The molecule has 1 aromatic heterocycles. The summed E-state index contributed by atoms with van der Waals surface area (Å²) in [7, 11) is -3.44. The van der Waals surface area contributed by atoms with Crippen LogP contribution in [0.3, 0.4) is 0 Å². The molecule has 0 unspecified atom stereocenters. The van der Waals surface area contributed by atoms with Crippen LogP contribution in [0.25, 0.3) is 0 Å². The van der Waals surface area contributed by atoms with Gasteiger partial charge in [0.15, 0.2) is 0 Å². The topological polar surface area (TPSA) is 59.5 Å². The van der Waals surface area contributed by atoms with Gasteiger partial charge < -0.3 is 4.74 Å². The van der Waals surface area contributed by atoms with E-state index >= 15 is 0 Å². The maximum Gasteiger partial charge on any atom is 0.273 e. The molecule has 0 spiro atoms. The number of thiazole rings is 1. The summed E-state index contributed by atoms with van der Waals surface area (Å²) >= 11 is 1.37. The first-order valence-electron chi connectivity index (χ1n) is 6.31. The van der Waals surface area contributed by atoms with Gasteiger partial charge in [0, 0.05) is 11.6 Å². The number of halogens is 1. The summed E-state index contributed by atoms with van der Waals surface area (Å²) in [5, 5.41) is 2.34. The second-order valence-corrected chi connectivity index (χ2v) is 7.57. The highest BCUT2D eigenvalue weighted by atomic mass is 32.2. The Morgan fingerprint density at radius 1 is 1.43 bits per heavy atom. The highest BCUT2D eigenvalue weighted by molar-refractivity contribution is 7.88. The van der Waals surface area contributed by atoms with Gasteiger partial charge in [-0.2, -0.15) is 4.31 Å². The average Bonchev–Trinajstić information content (AvgIpc) is 2.85. The monoisotopic (exact) mass is 328 g/mol. The van der Waals surface area contributed by atoms with E-state index in [0.717, 1.165) is 0 Å². The number of benzene rings is 1. The Morgan fingerprint density at radius 3 is 2.90 bits per heavy atom. The lowest BCUT2D eigenvalue weighted by Gasteiger charge is -2.37. The first-order chi connectivity index (χ1) is 10.0. The highest BCUT2D eigenvalue weighted by Gasteiger charge is 2.37. The van der Waals surface area contributed by atoms with E-state index in [1.807, 2.05) is 0 Å². The van der Waals surface area contributed by atoms with Crippen LogP contribution in [-0.4, -0.2) is 36.9 Å². The molecule has 1 aliphatic rings. The fourth-order valence-corrected chi connectivity index (χ4v) is 4.16. The standard InChI is InChI=1S/C13H13FN2O3S2/c14-11-3-1-2-10(6-11)9-21(17,18)16-7-12(8-16)19-13-15-4-5-20-13/h1-6,12H,7-9H2. The van der Waals surface area contributed by atoms with Gasteiger partial charge in [-0.15, -0.1) is 0 Å². The maximum atomic E-state index is 13.1. The molecule has 0 bridgehead atoms. The summed E-state index contributed by atoms with van der Waals surface area (Å²) in [5.41, 5.74) is 0.444. The minimum Gasteiger partial charge on any atom is -0.464 e. The van der Waals surface area contributed by atoms with E-state index in [9.17, 15) is 12.8 Å². The van der Waals surface area contributed by atoms with E-state index < -0.39 is 15.8 Å². The average molecular weight is 328 g/mol. The molecule has 1 aromatic carbocycles. The van der Waals surface area contributed by atoms with E-state index in [1.165, 1.54) is 33.8 Å². The normalized spacial score (nSPS) is 16.6. The predicted molar refractivity (Wildman–Crippen MR) is 77.1 cm³/mol. The predicted octanol–water partition coefficient (Wildman–Crippen LogP) is 1.88. The van der Waals surface area contributed by atoms with Crippen LogP contribution < -0.4 is 4.74 Å². The van der Waals surface area contributed by atoms with Gasteiger partial charge in [-0.25, -0.2) is 17.8 Å². The SMILES string of the molecule is O=S(=O)(Cc1cccc(F)c1)N1CC(Oc2nccs2)C1. The van der Waals surface area contributed by atoms with Gasteiger partial charge in [-0.05, 0) is 17.7 Å². The molecular weight excluding hydrogens is 315 g/mol. The van der Waals surface area contributed by atoms with Crippen molar-refractivity contribution in [1.29, 1.82) is 0 Å². The molecule has 5 nitrogen and oxygen atoms in total. The minimum absolute atomic E-state index is 0.168. The van der Waals surface area contributed by atoms with Crippen molar-refractivity contribution in [2.75, 3.05) is 13.1 Å². The molecule has 0 amide bonds. The van der Waals surface area contributed by atoms with Crippen LogP contribution in [0.2, 0.25) is 0 Å². The quantitative estimate of drug-likeness (QED) is 0.841. The van der Waals surface area contributed by atoms with Crippen LogP contribution in [0, 0.1) is 5.82 Å².